The zero-order valence-corrected chi connectivity index (χ0v) is 16.2. The molecule has 0 rings (SSSR count). The SMILES string of the molecule is C.C.C.C.C.C.C.C=C(C)C(=O)OC.C=C(C)C(=O)OC.CCOC(N)=O.CCOC(N)=O. The lowest BCUT2D eigenvalue weighted by Crippen LogP contribution is -2.11. The van der Waals surface area contributed by atoms with Gasteiger partial charge in [0, 0.05) is 11.1 Å². The van der Waals surface area contributed by atoms with Crippen molar-refractivity contribution >= 4 is 24.1 Å². The van der Waals surface area contributed by atoms with Crippen LogP contribution in [0, 0.1) is 0 Å². The maximum absolute atomic E-state index is 10.2. The number of esters is 2. The van der Waals surface area contributed by atoms with Gasteiger partial charge in [0.1, 0.15) is 0 Å². The minimum Gasteiger partial charge on any atom is -0.466 e. The van der Waals surface area contributed by atoms with Gasteiger partial charge in [-0.3, -0.25) is 0 Å². The van der Waals surface area contributed by atoms with Crippen LogP contribution < -0.4 is 11.5 Å². The summed E-state index contributed by atoms with van der Waals surface area (Å²) in [6, 6.07) is 0. The largest absolute Gasteiger partial charge is 0.466 e. The van der Waals surface area contributed by atoms with Gasteiger partial charge in [-0.25, -0.2) is 19.2 Å². The summed E-state index contributed by atoms with van der Waals surface area (Å²) >= 11 is 0. The van der Waals surface area contributed by atoms with Crippen molar-refractivity contribution in [3.63, 3.8) is 0 Å². The Morgan fingerprint density at radius 1 is 0.606 bits per heavy atom. The molecule has 0 aliphatic carbocycles. The topological polar surface area (TPSA) is 157 Å². The zero-order chi connectivity index (χ0) is 21.7. The van der Waals surface area contributed by atoms with Gasteiger partial charge in [0.2, 0.25) is 0 Å². The molecule has 0 aromatic heterocycles. The molecular weight excluding hydrogens is 432 g/mol. The smallest absolute Gasteiger partial charge is 0.404 e. The average molecular weight is 491 g/mol. The minimum atomic E-state index is -0.711. The average Bonchev–Trinajstić information content (AvgIpc) is 2.54. The molecule has 0 spiro atoms. The van der Waals surface area contributed by atoms with Crippen LogP contribution in [0.25, 0.3) is 0 Å². The van der Waals surface area contributed by atoms with Crippen LogP contribution >= 0.6 is 0 Å². The summed E-state index contributed by atoms with van der Waals surface area (Å²) < 4.78 is 16.9. The summed E-state index contributed by atoms with van der Waals surface area (Å²) in [4.78, 5) is 39.6. The molecule has 0 unspecified atom stereocenters. The molecule has 0 aromatic carbocycles. The van der Waals surface area contributed by atoms with E-state index in [0.29, 0.717) is 24.4 Å². The van der Waals surface area contributed by atoms with Crippen molar-refractivity contribution in [2.75, 3.05) is 27.4 Å². The first-order valence-electron chi connectivity index (χ1n) is 7.23. The highest BCUT2D eigenvalue weighted by Gasteiger charge is 1.96. The molecule has 0 saturated carbocycles. The molecule has 0 atom stereocenters. The van der Waals surface area contributed by atoms with Crippen molar-refractivity contribution in [1.82, 2.24) is 0 Å². The highest BCUT2D eigenvalue weighted by molar-refractivity contribution is 5.87. The van der Waals surface area contributed by atoms with Crippen molar-refractivity contribution in [3.8, 4) is 0 Å². The van der Waals surface area contributed by atoms with Crippen LogP contribution in [0.1, 0.15) is 79.7 Å². The number of carbonyl (C=O) groups is 4. The summed E-state index contributed by atoms with van der Waals surface area (Å²) in [7, 11) is 2.66. The number of primary amides is 2. The number of nitrogens with two attached hydrogens (primary N) is 2. The zero-order valence-electron chi connectivity index (χ0n) is 16.2. The lowest BCUT2D eigenvalue weighted by Gasteiger charge is -1.91. The van der Waals surface area contributed by atoms with Gasteiger partial charge in [0.05, 0.1) is 27.4 Å². The quantitative estimate of drug-likeness (QED) is 0.270. The van der Waals surface area contributed by atoms with Gasteiger partial charge in [0.15, 0.2) is 0 Å². The molecule has 0 radical (unpaired) electrons. The van der Waals surface area contributed by atoms with E-state index in [4.69, 9.17) is 0 Å². The number of amides is 2. The Labute approximate surface area is 205 Å². The van der Waals surface area contributed by atoms with Gasteiger partial charge in [0.25, 0.3) is 0 Å². The van der Waals surface area contributed by atoms with Gasteiger partial charge in [-0.05, 0) is 27.7 Å². The van der Waals surface area contributed by atoms with Crippen molar-refractivity contribution in [1.29, 1.82) is 0 Å². The Morgan fingerprint density at radius 2 is 0.788 bits per heavy atom. The fourth-order valence-electron chi connectivity index (χ4n) is 0.633. The second-order valence-corrected chi connectivity index (χ2v) is 4.05. The predicted octanol–water partition coefficient (Wildman–Crippen LogP) is 6.13. The molecule has 0 saturated heterocycles. The highest BCUT2D eigenvalue weighted by Crippen LogP contribution is 1.87. The van der Waals surface area contributed by atoms with Crippen molar-refractivity contribution in [2.24, 2.45) is 11.5 Å². The van der Waals surface area contributed by atoms with Crippen LogP contribution in [0.2, 0.25) is 0 Å². The molecule has 10 nitrogen and oxygen atoms in total. The first kappa shape index (κ1) is 69.9. The number of rotatable bonds is 4. The molecule has 0 bridgehead atoms. The van der Waals surface area contributed by atoms with Crippen molar-refractivity contribution < 1.29 is 38.1 Å². The molecule has 208 valence electrons. The second kappa shape index (κ2) is 51.5. The third-order valence-electron chi connectivity index (χ3n) is 1.64. The second-order valence-electron chi connectivity index (χ2n) is 4.05. The van der Waals surface area contributed by atoms with E-state index in [2.05, 4.69) is 43.6 Å². The molecule has 0 heterocycles. The van der Waals surface area contributed by atoms with Gasteiger partial charge in [-0.1, -0.05) is 65.1 Å². The molecule has 0 fully saturated rings. The van der Waals surface area contributed by atoms with Crippen LogP contribution in [0.3, 0.4) is 0 Å². The van der Waals surface area contributed by atoms with E-state index in [0.717, 1.165) is 0 Å². The molecule has 4 N–H and O–H groups in total. The lowest BCUT2D eigenvalue weighted by atomic mass is 10.4. The van der Waals surface area contributed by atoms with E-state index in [9.17, 15) is 19.2 Å². The first-order valence-corrected chi connectivity index (χ1v) is 7.23. The van der Waals surface area contributed by atoms with Crippen molar-refractivity contribution in [2.45, 2.75) is 79.7 Å². The van der Waals surface area contributed by atoms with Gasteiger partial charge in [-0.15, -0.1) is 0 Å². The first-order chi connectivity index (χ1) is 11.9. The molecule has 10 heteroatoms. The summed E-state index contributed by atoms with van der Waals surface area (Å²) in [5.74, 6) is -0.694. The normalized spacial score (nSPS) is 6.00. The fourth-order valence-corrected chi connectivity index (χ4v) is 0.633. The Morgan fingerprint density at radius 3 is 0.788 bits per heavy atom. The van der Waals surface area contributed by atoms with Crippen LogP contribution in [-0.4, -0.2) is 51.6 Å². The molecule has 0 aliphatic rings. The van der Waals surface area contributed by atoms with E-state index in [1.54, 1.807) is 27.7 Å². The number of carbonyl (C=O) groups excluding carboxylic acids is 4. The molecular formula is C23H58N2O8. The third kappa shape index (κ3) is 94.1. The molecule has 0 aromatic rings. The number of methoxy groups -OCH3 is 2. The van der Waals surface area contributed by atoms with Crippen molar-refractivity contribution in [3.05, 3.63) is 24.3 Å². The summed E-state index contributed by atoms with van der Waals surface area (Å²) in [6.07, 6.45) is -1.42. The Hall–Kier alpha value is -3.04. The van der Waals surface area contributed by atoms with E-state index in [1.807, 2.05) is 0 Å². The molecule has 33 heavy (non-hydrogen) atoms. The van der Waals surface area contributed by atoms with E-state index < -0.39 is 12.2 Å². The summed E-state index contributed by atoms with van der Waals surface area (Å²) in [5.41, 5.74) is 9.95. The third-order valence-corrected chi connectivity index (χ3v) is 1.64. The van der Waals surface area contributed by atoms with E-state index in [-0.39, 0.29) is 63.9 Å². The predicted molar refractivity (Wildman–Crippen MR) is 143 cm³/mol. The molecule has 2 amide bonds. The van der Waals surface area contributed by atoms with Crippen LogP contribution in [0.5, 0.6) is 0 Å². The minimum absolute atomic E-state index is 0. The van der Waals surface area contributed by atoms with Crippen LogP contribution in [-0.2, 0) is 28.5 Å². The van der Waals surface area contributed by atoms with E-state index >= 15 is 0 Å². The Bertz CT molecular complexity index is 423. The van der Waals surface area contributed by atoms with Gasteiger partial charge >= 0.3 is 24.1 Å². The monoisotopic (exact) mass is 490 g/mol. The summed E-state index contributed by atoms with van der Waals surface area (Å²) in [5, 5.41) is 0. The number of hydrogen-bond donors (Lipinski definition) is 2. The van der Waals surface area contributed by atoms with Gasteiger partial charge < -0.3 is 30.4 Å². The van der Waals surface area contributed by atoms with Crippen LogP contribution in [0.4, 0.5) is 9.59 Å². The summed E-state index contributed by atoms with van der Waals surface area (Å²) in [6.45, 7) is 14.0. The fraction of sp³-hybridized carbons (Fsp3) is 0.652. The Kier molecular flexibility index (Phi) is 109. The van der Waals surface area contributed by atoms with Crippen LogP contribution in [0.15, 0.2) is 24.3 Å². The maximum Gasteiger partial charge on any atom is 0.404 e. The number of ether oxygens (including phenoxy) is 4. The lowest BCUT2D eigenvalue weighted by molar-refractivity contribution is -0.136. The van der Waals surface area contributed by atoms with E-state index in [1.165, 1.54) is 14.2 Å². The Balaban J connectivity index is -0.0000000203. The standard InChI is InChI=1S/2C5H8O2.2C3H7NO2.7CH4/c2*1-4(2)5(6)7-3;2*1-2-6-3(4)5;;;;;;;/h2*1H2,2-3H3;2*2H2,1H3,(H2,4,5);7*1H4. The van der Waals surface area contributed by atoms with Gasteiger partial charge in [-0.2, -0.15) is 0 Å². The highest BCUT2D eigenvalue weighted by atomic mass is 16.5. The maximum atomic E-state index is 10.2. The number of hydrogen-bond acceptors (Lipinski definition) is 8. The molecule has 0 aliphatic heterocycles.